The van der Waals surface area contributed by atoms with Crippen LogP contribution in [0.2, 0.25) is 5.02 Å². The van der Waals surface area contributed by atoms with Crippen molar-refractivity contribution in [2.45, 2.75) is 31.3 Å². The van der Waals surface area contributed by atoms with Crippen molar-refractivity contribution in [3.05, 3.63) is 29.0 Å². The molecule has 1 atom stereocenters. The Bertz CT molecular complexity index is 693. The van der Waals surface area contributed by atoms with Gasteiger partial charge in [-0.25, -0.2) is 9.18 Å². The maximum absolute atomic E-state index is 13.4. The summed E-state index contributed by atoms with van der Waals surface area (Å²) in [5.41, 5.74) is 5.73. The Balaban J connectivity index is 2.07. The van der Waals surface area contributed by atoms with Gasteiger partial charge in [0.25, 0.3) is 0 Å². The number of alkyl halides is 3. The molecule has 0 radical (unpaired) electrons. The van der Waals surface area contributed by atoms with E-state index < -0.39 is 36.6 Å². The van der Waals surface area contributed by atoms with E-state index in [2.05, 4.69) is 4.74 Å². The lowest BCUT2D eigenvalue weighted by Gasteiger charge is -2.35. The maximum Gasteiger partial charge on any atom is 0.490 e. The fourth-order valence-corrected chi connectivity index (χ4v) is 2.58. The van der Waals surface area contributed by atoms with Crippen molar-refractivity contribution in [2.24, 2.45) is 5.73 Å². The topological polar surface area (TPSA) is 81.9 Å². The van der Waals surface area contributed by atoms with E-state index >= 15 is 0 Å². The summed E-state index contributed by atoms with van der Waals surface area (Å²) in [6.07, 6.45) is -6.17. The average Bonchev–Trinajstić information content (AvgIpc) is 2.60. The number of rotatable bonds is 6. The number of nitrogens with two attached hydrogens (primary N) is 1. The minimum absolute atomic E-state index is 0.0492. The number of Topliss-reactive ketones (excluding diaryl/α,β-unsaturated/α-hetero) is 1. The number of carbonyl (C=O) groups excluding carboxylic acids is 2. The molecule has 2 rings (SSSR count). The van der Waals surface area contributed by atoms with Gasteiger partial charge in [0.15, 0.2) is 6.61 Å². The Labute approximate surface area is 157 Å². The fraction of sp³-hybridized carbons (Fsp3) is 0.500. The quantitative estimate of drug-likeness (QED) is 0.570. The van der Waals surface area contributed by atoms with Crippen molar-refractivity contribution in [3.63, 3.8) is 0 Å². The smallest absolute Gasteiger partial charge is 0.486 e. The van der Waals surface area contributed by atoms with Crippen LogP contribution < -0.4 is 10.5 Å². The molecule has 1 aromatic rings. The van der Waals surface area contributed by atoms with Crippen LogP contribution in [0.4, 0.5) is 17.6 Å². The average molecular weight is 413 g/mol. The van der Waals surface area contributed by atoms with Gasteiger partial charge in [-0.15, -0.1) is 0 Å². The molecule has 1 aromatic carbocycles. The Morgan fingerprint density at radius 1 is 1.30 bits per heavy atom. The number of hydrogen-bond donors (Lipinski definition) is 1. The number of nitrogens with zero attached hydrogens (tertiary/aromatic N) is 1. The lowest BCUT2D eigenvalue weighted by molar-refractivity contribution is -0.213. The third-order valence-electron chi connectivity index (χ3n) is 3.90. The molecule has 1 aliphatic heterocycles. The van der Waals surface area contributed by atoms with Crippen LogP contribution in [0, 0.1) is 5.82 Å². The molecule has 0 amide bonds. The van der Waals surface area contributed by atoms with Gasteiger partial charge >= 0.3 is 12.1 Å². The van der Waals surface area contributed by atoms with Gasteiger partial charge in [-0.05, 0) is 25.0 Å². The third kappa shape index (κ3) is 6.05. The first kappa shape index (κ1) is 21.4. The highest BCUT2D eigenvalue weighted by molar-refractivity contribution is 6.30. The highest BCUT2D eigenvalue weighted by Gasteiger charge is 2.45. The summed E-state index contributed by atoms with van der Waals surface area (Å²) in [5.74, 6) is -4.23. The Morgan fingerprint density at radius 2 is 1.93 bits per heavy atom. The summed E-state index contributed by atoms with van der Waals surface area (Å²) >= 11 is 5.53. The normalized spacial score (nSPS) is 17.4. The zero-order valence-electron chi connectivity index (χ0n) is 14.0. The van der Waals surface area contributed by atoms with Crippen LogP contribution in [0.3, 0.4) is 0 Å². The van der Waals surface area contributed by atoms with Crippen LogP contribution in [0.25, 0.3) is 0 Å². The molecule has 1 heterocycles. The lowest BCUT2D eigenvalue weighted by atomic mass is 10.1. The van der Waals surface area contributed by atoms with E-state index in [0.29, 0.717) is 12.8 Å². The SMILES string of the molecule is NC1CCN(C(OC(=O)C(F)(F)F)C(=O)COc2ccc(Cl)c(F)c2)CC1. The van der Waals surface area contributed by atoms with Crippen molar-refractivity contribution in [3.8, 4) is 5.75 Å². The van der Waals surface area contributed by atoms with Crippen LogP contribution in [0.5, 0.6) is 5.75 Å². The highest BCUT2D eigenvalue weighted by Crippen LogP contribution is 2.22. The van der Waals surface area contributed by atoms with Crippen LogP contribution in [-0.2, 0) is 14.3 Å². The molecule has 1 aliphatic rings. The molecular weight excluding hydrogens is 396 g/mol. The molecule has 0 aromatic heterocycles. The summed E-state index contributed by atoms with van der Waals surface area (Å²) in [6, 6.07) is 3.26. The molecule has 0 aliphatic carbocycles. The molecule has 2 N–H and O–H groups in total. The Kier molecular flexibility index (Phi) is 7.01. The van der Waals surface area contributed by atoms with Gasteiger partial charge in [-0.3, -0.25) is 9.69 Å². The van der Waals surface area contributed by atoms with Gasteiger partial charge in [-0.2, -0.15) is 13.2 Å². The van der Waals surface area contributed by atoms with Gasteiger partial charge in [0.1, 0.15) is 11.6 Å². The summed E-state index contributed by atoms with van der Waals surface area (Å²) < 4.78 is 60.4. The largest absolute Gasteiger partial charge is 0.490 e. The van der Waals surface area contributed by atoms with Crippen LogP contribution >= 0.6 is 11.6 Å². The number of esters is 1. The van der Waals surface area contributed by atoms with E-state index in [-0.39, 0.29) is 29.9 Å². The first-order valence-electron chi connectivity index (χ1n) is 7.96. The molecule has 27 heavy (non-hydrogen) atoms. The van der Waals surface area contributed by atoms with Gasteiger partial charge < -0.3 is 15.2 Å². The summed E-state index contributed by atoms with van der Waals surface area (Å²) in [5, 5.41) is -0.157. The Hall–Kier alpha value is -1.91. The van der Waals surface area contributed by atoms with Gasteiger partial charge in [0, 0.05) is 25.2 Å². The number of ketones is 1. The summed E-state index contributed by atoms with van der Waals surface area (Å²) in [4.78, 5) is 24.8. The van der Waals surface area contributed by atoms with Crippen molar-refractivity contribution < 1.29 is 36.6 Å². The molecule has 1 unspecified atom stereocenters. The fourth-order valence-electron chi connectivity index (χ4n) is 2.46. The van der Waals surface area contributed by atoms with E-state index in [1.807, 2.05) is 0 Å². The number of halogens is 5. The number of benzene rings is 1. The molecule has 150 valence electrons. The van der Waals surface area contributed by atoms with E-state index in [9.17, 15) is 27.2 Å². The predicted molar refractivity (Wildman–Crippen MR) is 86.6 cm³/mol. The summed E-state index contributed by atoms with van der Waals surface area (Å²) in [7, 11) is 0. The first-order chi connectivity index (χ1) is 12.6. The van der Waals surface area contributed by atoms with Gasteiger partial charge in [0.05, 0.1) is 5.02 Å². The zero-order chi connectivity index (χ0) is 20.2. The van der Waals surface area contributed by atoms with E-state index in [1.54, 1.807) is 0 Å². The number of ether oxygens (including phenoxy) is 2. The second-order valence-electron chi connectivity index (χ2n) is 5.96. The highest BCUT2D eigenvalue weighted by atomic mass is 35.5. The third-order valence-corrected chi connectivity index (χ3v) is 4.21. The number of piperidine rings is 1. The van der Waals surface area contributed by atoms with Crippen molar-refractivity contribution in [1.82, 2.24) is 4.90 Å². The molecular formula is C16H17ClF4N2O4. The number of likely N-dealkylation sites (tertiary alicyclic amines) is 1. The summed E-state index contributed by atoms with van der Waals surface area (Å²) in [6.45, 7) is -0.365. The van der Waals surface area contributed by atoms with E-state index in [0.717, 1.165) is 6.07 Å². The second-order valence-corrected chi connectivity index (χ2v) is 6.37. The van der Waals surface area contributed by atoms with Crippen LogP contribution in [0.1, 0.15) is 12.8 Å². The molecule has 0 saturated carbocycles. The van der Waals surface area contributed by atoms with Crippen molar-refractivity contribution in [1.29, 1.82) is 0 Å². The Morgan fingerprint density at radius 3 is 2.48 bits per heavy atom. The maximum atomic E-state index is 13.4. The lowest BCUT2D eigenvalue weighted by Crippen LogP contribution is -2.52. The van der Waals surface area contributed by atoms with Crippen LogP contribution in [0.15, 0.2) is 18.2 Å². The van der Waals surface area contributed by atoms with Crippen molar-refractivity contribution >= 4 is 23.4 Å². The molecule has 0 bridgehead atoms. The molecule has 11 heteroatoms. The number of carbonyl (C=O) groups is 2. The minimum Gasteiger partial charge on any atom is -0.486 e. The zero-order valence-corrected chi connectivity index (χ0v) is 14.7. The first-order valence-corrected chi connectivity index (χ1v) is 8.33. The van der Waals surface area contributed by atoms with E-state index in [4.69, 9.17) is 22.1 Å². The molecule has 1 fully saturated rings. The monoisotopic (exact) mass is 412 g/mol. The second kappa shape index (κ2) is 8.85. The number of hydrogen-bond acceptors (Lipinski definition) is 6. The van der Waals surface area contributed by atoms with Gasteiger partial charge in [0.2, 0.25) is 12.0 Å². The van der Waals surface area contributed by atoms with Crippen LogP contribution in [-0.4, -0.2) is 54.8 Å². The molecule has 0 spiro atoms. The van der Waals surface area contributed by atoms with Gasteiger partial charge in [-0.1, -0.05) is 11.6 Å². The standard InChI is InChI=1S/C16H17ClF4N2O4/c17-11-2-1-10(7-12(11)18)26-8-13(24)14(27-15(25)16(19,20)21)23-5-3-9(22)4-6-23/h1-2,7,9,14H,3-6,8,22H2. The van der Waals surface area contributed by atoms with Crippen molar-refractivity contribution in [2.75, 3.05) is 19.7 Å². The minimum atomic E-state index is -5.25. The van der Waals surface area contributed by atoms with E-state index in [1.165, 1.54) is 17.0 Å². The molecule has 1 saturated heterocycles. The predicted octanol–water partition coefficient (Wildman–Crippen LogP) is 2.28. The molecule has 6 nitrogen and oxygen atoms in total.